The number of halogens is 1. The van der Waals surface area contributed by atoms with E-state index in [0.717, 1.165) is 0 Å². The Bertz CT molecular complexity index is 144. The Morgan fingerprint density at radius 3 is 2.70 bits per heavy atom. The third-order valence-electron chi connectivity index (χ3n) is 0.787. The van der Waals surface area contributed by atoms with Gasteiger partial charge in [0.05, 0.1) is 6.61 Å². The van der Waals surface area contributed by atoms with E-state index in [0.29, 0.717) is 0 Å². The summed E-state index contributed by atoms with van der Waals surface area (Å²) in [4.78, 5) is 10.5. The van der Waals surface area contributed by atoms with Crippen molar-refractivity contribution in [1.29, 1.82) is 0 Å². The van der Waals surface area contributed by atoms with Gasteiger partial charge >= 0.3 is 5.97 Å². The minimum absolute atomic E-state index is 0.180. The minimum Gasteiger partial charge on any atom is -0.456 e. The zero-order valence-electron chi connectivity index (χ0n) is 5.63. The molecule has 0 rings (SSSR count). The first-order valence-corrected chi connectivity index (χ1v) is 3.12. The molecule has 0 aliphatic carbocycles. The zero-order valence-corrected chi connectivity index (χ0v) is 6.39. The third kappa shape index (κ3) is 3.48. The van der Waals surface area contributed by atoms with Crippen LogP contribution in [0.2, 0.25) is 0 Å². The van der Waals surface area contributed by atoms with E-state index < -0.39 is 12.1 Å². The number of carbonyl (C=O) groups is 1. The predicted molar refractivity (Wildman–Crippen MR) is 37.6 cm³/mol. The van der Waals surface area contributed by atoms with Gasteiger partial charge in [0.15, 0.2) is 0 Å². The lowest BCUT2D eigenvalue weighted by atomic mass is 10.4. The van der Waals surface area contributed by atoms with Crippen molar-refractivity contribution in [3.8, 4) is 0 Å². The molecule has 1 unspecified atom stereocenters. The molecule has 0 aromatic heterocycles. The zero-order chi connectivity index (χ0) is 8.15. The fourth-order valence-electron chi connectivity index (χ4n) is 0.284. The van der Waals surface area contributed by atoms with Gasteiger partial charge in [0.25, 0.3) is 0 Å². The quantitative estimate of drug-likeness (QED) is 0.493. The monoisotopic (exact) mass is 164 g/mol. The third-order valence-corrected chi connectivity index (χ3v) is 0.941. The topological polar surface area (TPSA) is 46.5 Å². The number of hydrogen-bond acceptors (Lipinski definition) is 3. The lowest BCUT2D eigenvalue weighted by Crippen LogP contribution is -2.17. The van der Waals surface area contributed by atoms with Gasteiger partial charge in [-0.15, -0.1) is 0 Å². The molecule has 0 aromatic rings. The summed E-state index contributed by atoms with van der Waals surface area (Å²) < 4.78 is 4.54. The first-order chi connectivity index (χ1) is 4.57. The van der Waals surface area contributed by atoms with E-state index >= 15 is 0 Å². The van der Waals surface area contributed by atoms with Crippen molar-refractivity contribution < 1.29 is 14.6 Å². The summed E-state index contributed by atoms with van der Waals surface area (Å²) in [6.07, 6.45) is -0.525. The van der Waals surface area contributed by atoms with Gasteiger partial charge in [0, 0.05) is 0 Å². The van der Waals surface area contributed by atoms with E-state index in [2.05, 4.69) is 11.3 Å². The molecule has 1 atom stereocenters. The number of aliphatic hydroxyl groups excluding tert-OH is 1. The molecular formula is C6H9ClO3. The van der Waals surface area contributed by atoms with Crippen LogP contribution in [0.25, 0.3) is 0 Å². The smallest absolute Gasteiger partial charge is 0.349 e. The van der Waals surface area contributed by atoms with E-state index in [1.54, 1.807) is 6.92 Å². The maximum absolute atomic E-state index is 10.5. The van der Waals surface area contributed by atoms with E-state index in [9.17, 15) is 4.79 Å². The summed E-state index contributed by atoms with van der Waals surface area (Å²) in [5, 5.41) is 8.24. The first kappa shape index (κ1) is 9.46. The molecule has 1 N–H and O–H groups in total. The average molecular weight is 165 g/mol. The molecule has 4 heteroatoms. The molecule has 0 saturated carbocycles. The average Bonchev–Trinajstić information content (AvgIpc) is 1.87. The second kappa shape index (κ2) is 4.30. The fourth-order valence-corrected chi connectivity index (χ4v) is 0.328. The van der Waals surface area contributed by atoms with Gasteiger partial charge in [-0.3, -0.25) is 0 Å². The van der Waals surface area contributed by atoms with E-state index in [4.69, 9.17) is 16.7 Å². The van der Waals surface area contributed by atoms with Gasteiger partial charge in [-0.25, -0.2) is 4.79 Å². The van der Waals surface area contributed by atoms with Crippen LogP contribution in [0.1, 0.15) is 6.92 Å². The highest BCUT2D eigenvalue weighted by Crippen LogP contribution is 2.01. The Kier molecular flexibility index (Phi) is 4.07. The molecule has 0 fully saturated rings. The van der Waals surface area contributed by atoms with E-state index in [1.807, 2.05) is 0 Å². The SMILES string of the molecule is C=C(Cl)C(=O)OC(C)CO. The molecule has 3 nitrogen and oxygen atoms in total. The number of ether oxygens (including phenoxy) is 1. The number of carbonyl (C=O) groups excluding carboxylic acids is 1. The summed E-state index contributed by atoms with van der Waals surface area (Å²) in [5.41, 5.74) is 0. The van der Waals surface area contributed by atoms with Crippen LogP contribution in [-0.4, -0.2) is 23.8 Å². The summed E-state index contributed by atoms with van der Waals surface area (Å²) in [6.45, 7) is 4.49. The van der Waals surface area contributed by atoms with Crippen molar-refractivity contribution in [2.75, 3.05) is 6.61 Å². The van der Waals surface area contributed by atoms with Gasteiger partial charge in [-0.2, -0.15) is 0 Å². The summed E-state index contributed by atoms with van der Waals surface area (Å²) in [5.74, 6) is -0.691. The number of aliphatic hydroxyl groups is 1. The van der Waals surface area contributed by atoms with Crippen molar-refractivity contribution in [1.82, 2.24) is 0 Å². The molecule has 58 valence electrons. The molecule has 0 spiro atoms. The van der Waals surface area contributed by atoms with Crippen molar-refractivity contribution in [2.45, 2.75) is 13.0 Å². The van der Waals surface area contributed by atoms with Gasteiger partial charge in [-0.1, -0.05) is 18.2 Å². The lowest BCUT2D eigenvalue weighted by molar-refractivity contribution is -0.144. The van der Waals surface area contributed by atoms with Crippen molar-refractivity contribution in [2.24, 2.45) is 0 Å². The first-order valence-electron chi connectivity index (χ1n) is 2.74. The number of esters is 1. The Balaban J connectivity index is 3.68. The van der Waals surface area contributed by atoms with Crippen LogP contribution in [0.15, 0.2) is 11.6 Å². The molecule has 10 heavy (non-hydrogen) atoms. The highest BCUT2D eigenvalue weighted by molar-refractivity contribution is 6.40. The van der Waals surface area contributed by atoms with E-state index in [1.165, 1.54) is 0 Å². The Morgan fingerprint density at radius 1 is 1.90 bits per heavy atom. The predicted octanol–water partition coefficient (Wildman–Crippen LogP) is 0.663. The summed E-state index contributed by atoms with van der Waals surface area (Å²) in [6, 6.07) is 0. The molecule has 0 aliphatic heterocycles. The molecule has 0 heterocycles. The molecule has 0 bridgehead atoms. The number of hydrogen-bond donors (Lipinski definition) is 1. The van der Waals surface area contributed by atoms with E-state index in [-0.39, 0.29) is 11.6 Å². The van der Waals surface area contributed by atoms with Gasteiger partial charge in [0.2, 0.25) is 0 Å². The lowest BCUT2D eigenvalue weighted by Gasteiger charge is -2.07. The van der Waals surface area contributed by atoms with Gasteiger partial charge in [0.1, 0.15) is 11.1 Å². The molecule has 0 saturated heterocycles. The van der Waals surface area contributed by atoms with Crippen LogP contribution in [-0.2, 0) is 9.53 Å². The van der Waals surface area contributed by atoms with Crippen molar-refractivity contribution >= 4 is 17.6 Å². The Morgan fingerprint density at radius 2 is 2.40 bits per heavy atom. The molecule has 0 aromatic carbocycles. The fraction of sp³-hybridized carbons (Fsp3) is 0.500. The Labute approximate surface area is 64.2 Å². The summed E-state index contributed by atoms with van der Waals surface area (Å²) in [7, 11) is 0. The van der Waals surface area contributed by atoms with Crippen molar-refractivity contribution in [3.63, 3.8) is 0 Å². The minimum atomic E-state index is -0.691. The largest absolute Gasteiger partial charge is 0.456 e. The number of rotatable bonds is 3. The van der Waals surface area contributed by atoms with Gasteiger partial charge < -0.3 is 9.84 Å². The van der Waals surface area contributed by atoms with Crippen LogP contribution in [0.3, 0.4) is 0 Å². The second-order valence-corrected chi connectivity index (χ2v) is 2.26. The van der Waals surface area contributed by atoms with Crippen LogP contribution in [0.5, 0.6) is 0 Å². The second-order valence-electron chi connectivity index (χ2n) is 1.80. The Hall–Kier alpha value is -0.540. The van der Waals surface area contributed by atoms with Crippen LogP contribution in [0.4, 0.5) is 0 Å². The van der Waals surface area contributed by atoms with Crippen molar-refractivity contribution in [3.05, 3.63) is 11.6 Å². The maximum atomic E-state index is 10.5. The van der Waals surface area contributed by atoms with Crippen LogP contribution >= 0.6 is 11.6 Å². The molecular weight excluding hydrogens is 156 g/mol. The summed E-state index contributed by atoms with van der Waals surface area (Å²) >= 11 is 5.18. The standard InChI is InChI=1S/C6H9ClO3/c1-4(3-8)10-6(9)5(2)7/h4,8H,2-3H2,1H3. The van der Waals surface area contributed by atoms with Crippen LogP contribution in [0, 0.1) is 0 Å². The normalized spacial score (nSPS) is 12.3. The molecule has 0 aliphatic rings. The van der Waals surface area contributed by atoms with Crippen LogP contribution < -0.4 is 0 Å². The highest BCUT2D eigenvalue weighted by Gasteiger charge is 2.09. The van der Waals surface area contributed by atoms with Gasteiger partial charge in [-0.05, 0) is 6.92 Å². The molecule has 0 radical (unpaired) electrons. The molecule has 0 amide bonds. The maximum Gasteiger partial charge on any atom is 0.349 e. The highest BCUT2D eigenvalue weighted by atomic mass is 35.5.